The normalized spacial score (nSPS) is 10.5. The van der Waals surface area contributed by atoms with Crippen molar-refractivity contribution in [3.63, 3.8) is 0 Å². The molecule has 34 heavy (non-hydrogen) atoms. The molecule has 0 amide bonds. The summed E-state index contributed by atoms with van der Waals surface area (Å²) >= 11 is 3.50. The third-order valence-corrected chi connectivity index (χ3v) is 6.32. The first-order valence-electron chi connectivity index (χ1n) is 11.0. The third-order valence-electron chi connectivity index (χ3n) is 5.79. The first kappa shape index (κ1) is 21.7. The van der Waals surface area contributed by atoms with Crippen molar-refractivity contribution in [2.45, 2.75) is 0 Å². The molecular formula is C31H21BrN2. The van der Waals surface area contributed by atoms with Crippen LogP contribution < -0.4 is 4.90 Å². The second kappa shape index (κ2) is 9.79. The van der Waals surface area contributed by atoms with Gasteiger partial charge in [-0.15, -0.1) is 0 Å². The Morgan fingerprint density at radius 3 is 1.29 bits per heavy atom. The predicted octanol–water partition coefficient (Wildman–Crippen LogP) is 9.12. The third kappa shape index (κ3) is 4.64. The van der Waals surface area contributed by atoms with Crippen molar-refractivity contribution in [1.82, 2.24) is 0 Å². The molecule has 5 aromatic rings. The molecule has 0 aliphatic heterocycles. The SMILES string of the molecule is N#Cc1ccc(N(c2ccc(-c3ccccc3)cc2)c2ccc(-c3ccc(Br)cc3)cc2)cc1. The van der Waals surface area contributed by atoms with E-state index in [1.54, 1.807) is 0 Å². The van der Waals surface area contributed by atoms with Crippen molar-refractivity contribution in [2.75, 3.05) is 4.90 Å². The van der Waals surface area contributed by atoms with Crippen molar-refractivity contribution in [3.8, 4) is 28.3 Å². The molecule has 5 aromatic carbocycles. The Kier molecular flexibility index (Phi) is 6.25. The quantitative estimate of drug-likeness (QED) is 0.240. The Hall–Kier alpha value is -4.13. The topological polar surface area (TPSA) is 27.0 Å². The van der Waals surface area contributed by atoms with E-state index in [-0.39, 0.29) is 0 Å². The standard InChI is InChI=1S/C31H21BrN2/c32-28-14-8-25(9-15-28)27-12-20-31(21-13-27)34(29-16-6-23(22-33)7-17-29)30-18-10-26(11-19-30)24-4-2-1-3-5-24/h1-21H. The Bertz CT molecular complexity index is 1420. The molecule has 0 saturated heterocycles. The molecule has 0 heterocycles. The number of anilines is 3. The van der Waals surface area contributed by atoms with Crippen LogP contribution in [0.15, 0.2) is 132 Å². The van der Waals surface area contributed by atoms with Gasteiger partial charge in [0.2, 0.25) is 0 Å². The largest absolute Gasteiger partial charge is 0.311 e. The zero-order valence-electron chi connectivity index (χ0n) is 18.4. The highest BCUT2D eigenvalue weighted by Crippen LogP contribution is 2.36. The van der Waals surface area contributed by atoms with Crippen LogP contribution in [0, 0.1) is 11.3 Å². The number of hydrogen-bond donors (Lipinski definition) is 0. The maximum Gasteiger partial charge on any atom is 0.0991 e. The first-order valence-corrected chi connectivity index (χ1v) is 11.8. The van der Waals surface area contributed by atoms with Gasteiger partial charge in [0, 0.05) is 21.5 Å². The summed E-state index contributed by atoms with van der Waals surface area (Å²) in [4.78, 5) is 2.21. The second-order valence-corrected chi connectivity index (χ2v) is 8.88. The maximum absolute atomic E-state index is 9.23. The highest BCUT2D eigenvalue weighted by molar-refractivity contribution is 9.10. The van der Waals surface area contributed by atoms with Crippen molar-refractivity contribution in [3.05, 3.63) is 137 Å². The summed E-state index contributed by atoms with van der Waals surface area (Å²) in [6.07, 6.45) is 0. The van der Waals surface area contributed by atoms with Gasteiger partial charge in [0.05, 0.1) is 11.6 Å². The van der Waals surface area contributed by atoms with Crippen LogP contribution in [-0.4, -0.2) is 0 Å². The lowest BCUT2D eigenvalue weighted by Crippen LogP contribution is -2.09. The van der Waals surface area contributed by atoms with Gasteiger partial charge < -0.3 is 4.90 Å². The lowest BCUT2D eigenvalue weighted by Gasteiger charge is -2.26. The van der Waals surface area contributed by atoms with E-state index in [9.17, 15) is 5.26 Å². The fourth-order valence-corrected chi connectivity index (χ4v) is 4.28. The van der Waals surface area contributed by atoms with Gasteiger partial charge in [-0.2, -0.15) is 5.26 Å². The fourth-order valence-electron chi connectivity index (χ4n) is 4.01. The van der Waals surface area contributed by atoms with Crippen LogP contribution >= 0.6 is 15.9 Å². The van der Waals surface area contributed by atoms with E-state index in [0.29, 0.717) is 5.56 Å². The Balaban J connectivity index is 1.53. The second-order valence-electron chi connectivity index (χ2n) is 7.96. The van der Waals surface area contributed by atoms with Gasteiger partial charge >= 0.3 is 0 Å². The lowest BCUT2D eigenvalue weighted by molar-refractivity contribution is 1.28. The van der Waals surface area contributed by atoms with Crippen molar-refractivity contribution in [2.24, 2.45) is 0 Å². The van der Waals surface area contributed by atoms with Gasteiger partial charge in [-0.3, -0.25) is 0 Å². The molecule has 0 aliphatic rings. The van der Waals surface area contributed by atoms with E-state index in [4.69, 9.17) is 0 Å². The Labute approximate surface area is 208 Å². The van der Waals surface area contributed by atoms with Crippen molar-refractivity contribution < 1.29 is 0 Å². The van der Waals surface area contributed by atoms with Crippen molar-refractivity contribution in [1.29, 1.82) is 5.26 Å². The summed E-state index contributed by atoms with van der Waals surface area (Å²) in [5, 5.41) is 9.23. The molecule has 0 spiro atoms. The van der Waals surface area contributed by atoms with Gasteiger partial charge in [-0.25, -0.2) is 0 Å². The van der Waals surface area contributed by atoms with Gasteiger partial charge in [-0.05, 0) is 82.9 Å². The monoisotopic (exact) mass is 500 g/mol. The van der Waals surface area contributed by atoms with E-state index in [1.807, 2.05) is 30.3 Å². The van der Waals surface area contributed by atoms with E-state index < -0.39 is 0 Å². The number of nitriles is 1. The molecule has 2 nitrogen and oxygen atoms in total. The van der Waals surface area contributed by atoms with Gasteiger partial charge in [0.1, 0.15) is 0 Å². The lowest BCUT2D eigenvalue weighted by atomic mass is 10.0. The number of hydrogen-bond acceptors (Lipinski definition) is 2. The molecule has 0 fully saturated rings. The molecular weight excluding hydrogens is 480 g/mol. The first-order chi connectivity index (χ1) is 16.7. The molecule has 162 valence electrons. The minimum absolute atomic E-state index is 0.647. The number of benzene rings is 5. The Morgan fingerprint density at radius 1 is 0.471 bits per heavy atom. The number of halogens is 1. The van der Waals surface area contributed by atoms with E-state index in [0.717, 1.165) is 27.1 Å². The minimum Gasteiger partial charge on any atom is -0.311 e. The highest BCUT2D eigenvalue weighted by atomic mass is 79.9. The van der Waals surface area contributed by atoms with Crippen LogP contribution in [0.3, 0.4) is 0 Å². The van der Waals surface area contributed by atoms with Gasteiger partial charge in [-0.1, -0.05) is 82.7 Å². The van der Waals surface area contributed by atoms with Crippen LogP contribution in [0.1, 0.15) is 5.56 Å². The van der Waals surface area contributed by atoms with Crippen LogP contribution in [0.5, 0.6) is 0 Å². The van der Waals surface area contributed by atoms with E-state index >= 15 is 0 Å². The zero-order valence-corrected chi connectivity index (χ0v) is 20.0. The molecule has 0 radical (unpaired) electrons. The van der Waals surface area contributed by atoms with Crippen LogP contribution in [-0.2, 0) is 0 Å². The molecule has 0 aromatic heterocycles. The number of nitrogens with zero attached hydrogens (tertiary/aromatic N) is 2. The molecule has 0 saturated carbocycles. The molecule has 0 atom stereocenters. The maximum atomic E-state index is 9.23. The summed E-state index contributed by atoms with van der Waals surface area (Å²) in [5.41, 5.74) is 8.46. The van der Waals surface area contributed by atoms with Crippen molar-refractivity contribution >= 4 is 33.0 Å². The van der Waals surface area contributed by atoms with Crippen LogP contribution in [0.25, 0.3) is 22.3 Å². The van der Waals surface area contributed by atoms with E-state index in [1.165, 1.54) is 16.7 Å². The summed E-state index contributed by atoms with van der Waals surface area (Å²) in [5.74, 6) is 0. The smallest absolute Gasteiger partial charge is 0.0991 e. The summed E-state index contributed by atoms with van der Waals surface area (Å²) < 4.78 is 1.07. The van der Waals surface area contributed by atoms with Crippen LogP contribution in [0.2, 0.25) is 0 Å². The molecule has 3 heteroatoms. The average molecular weight is 501 g/mol. The minimum atomic E-state index is 0.647. The molecule has 5 rings (SSSR count). The average Bonchev–Trinajstić information content (AvgIpc) is 2.91. The summed E-state index contributed by atoms with van der Waals surface area (Å²) in [6, 6.07) is 45.8. The van der Waals surface area contributed by atoms with Crippen LogP contribution in [0.4, 0.5) is 17.1 Å². The molecule has 0 N–H and O–H groups in total. The zero-order chi connectivity index (χ0) is 23.3. The summed E-state index contributed by atoms with van der Waals surface area (Å²) in [7, 11) is 0. The predicted molar refractivity (Wildman–Crippen MR) is 144 cm³/mol. The van der Waals surface area contributed by atoms with Gasteiger partial charge in [0.25, 0.3) is 0 Å². The highest BCUT2D eigenvalue weighted by Gasteiger charge is 2.13. The molecule has 0 aliphatic carbocycles. The molecule has 0 unspecified atom stereocenters. The fraction of sp³-hybridized carbons (Fsp3) is 0. The molecule has 0 bridgehead atoms. The van der Waals surface area contributed by atoms with E-state index in [2.05, 4.69) is 124 Å². The Morgan fingerprint density at radius 2 is 0.853 bits per heavy atom. The van der Waals surface area contributed by atoms with Gasteiger partial charge in [0.15, 0.2) is 0 Å². The number of rotatable bonds is 5. The summed E-state index contributed by atoms with van der Waals surface area (Å²) in [6.45, 7) is 0.